The van der Waals surface area contributed by atoms with E-state index in [9.17, 15) is 4.79 Å². The van der Waals surface area contributed by atoms with E-state index in [0.717, 1.165) is 11.4 Å². The van der Waals surface area contributed by atoms with E-state index in [-0.39, 0.29) is 5.56 Å². The van der Waals surface area contributed by atoms with Gasteiger partial charge in [0.05, 0.1) is 5.56 Å². The Balaban J connectivity index is 2.47. The summed E-state index contributed by atoms with van der Waals surface area (Å²) in [5, 5.41) is 8.91. The van der Waals surface area contributed by atoms with Crippen LogP contribution in [0.3, 0.4) is 0 Å². The first-order valence-corrected chi connectivity index (χ1v) is 6.33. The minimum absolute atomic E-state index is 0.0529. The van der Waals surface area contributed by atoms with Gasteiger partial charge in [-0.25, -0.2) is 14.8 Å². The SMILES string of the molecule is C=C/C=C(\C)N(c1ccccc1)c1ncc(C(=O)O)cn1. The number of anilines is 2. The van der Waals surface area contributed by atoms with Crippen LogP contribution in [0.5, 0.6) is 0 Å². The van der Waals surface area contributed by atoms with Crippen LogP contribution in [0.25, 0.3) is 0 Å². The molecular formula is C16H15N3O2. The first-order chi connectivity index (χ1) is 10.1. The molecule has 1 N–H and O–H groups in total. The number of rotatable bonds is 5. The summed E-state index contributed by atoms with van der Waals surface area (Å²) in [4.78, 5) is 21.0. The van der Waals surface area contributed by atoms with Crippen LogP contribution >= 0.6 is 0 Å². The maximum Gasteiger partial charge on any atom is 0.338 e. The molecule has 0 fully saturated rings. The molecule has 2 aromatic rings. The maximum atomic E-state index is 10.9. The van der Waals surface area contributed by atoms with Gasteiger partial charge in [0.25, 0.3) is 0 Å². The Morgan fingerprint density at radius 1 is 1.24 bits per heavy atom. The van der Waals surface area contributed by atoms with Crippen LogP contribution in [0.4, 0.5) is 11.6 Å². The Morgan fingerprint density at radius 2 is 1.86 bits per heavy atom. The van der Waals surface area contributed by atoms with Gasteiger partial charge in [0.15, 0.2) is 0 Å². The second-order valence-corrected chi connectivity index (χ2v) is 4.29. The number of nitrogens with zero attached hydrogens (tertiary/aromatic N) is 3. The zero-order valence-electron chi connectivity index (χ0n) is 11.6. The van der Waals surface area contributed by atoms with Gasteiger partial charge >= 0.3 is 5.97 Å². The molecule has 106 valence electrons. The van der Waals surface area contributed by atoms with Gasteiger partial charge < -0.3 is 5.11 Å². The van der Waals surface area contributed by atoms with Crippen molar-refractivity contribution in [2.75, 3.05) is 4.90 Å². The quantitative estimate of drug-likeness (QED) is 0.851. The number of para-hydroxylation sites is 1. The lowest BCUT2D eigenvalue weighted by Gasteiger charge is -2.23. The highest BCUT2D eigenvalue weighted by atomic mass is 16.4. The van der Waals surface area contributed by atoms with Gasteiger partial charge in [0, 0.05) is 23.8 Å². The summed E-state index contributed by atoms with van der Waals surface area (Å²) in [5.41, 5.74) is 1.81. The molecule has 0 amide bonds. The van der Waals surface area contributed by atoms with E-state index in [0.29, 0.717) is 5.95 Å². The van der Waals surface area contributed by atoms with Gasteiger partial charge in [-0.05, 0) is 25.1 Å². The molecule has 0 radical (unpaired) electrons. The Morgan fingerprint density at radius 3 is 2.38 bits per heavy atom. The van der Waals surface area contributed by atoms with Crippen LogP contribution in [0.2, 0.25) is 0 Å². The van der Waals surface area contributed by atoms with Crippen molar-refractivity contribution in [3.05, 3.63) is 72.7 Å². The van der Waals surface area contributed by atoms with Crippen molar-refractivity contribution >= 4 is 17.6 Å². The van der Waals surface area contributed by atoms with Crippen LogP contribution in [-0.4, -0.2) is 21.0 Å². The van der Waals surface area contributed by atoms with Gasteiger partial charge in [0.2, 0.25) is 5.95 Å². The smallest absolute Gasteiger partial charge is 0.338 e. The lowest BCUT2D eigenvalue weighted by atomic mass is 10.2. The largest absolute Gasteiger partial charge is 0.478 e. The van der Waals surface area contributed by atoms with Crippen LogP contribution in [0.15, 0.2) is 67.2 Å². The summed E-state index contributed by atoms with van der Waals surface area (Å²) < 4.78 is 0. The molecule has 5 nitrogen and oxygen atoms in total. The number of carbonyl (C=O) groups is 1. The number of benzene rings is 1. The number of carboxylic acids is 1. The fourth-order valence-corrected chi connectivity index (χ4v) is 1.85. The molecule has 0 aliphatic carbocycles. The van der Waals surface area contributed by atoms with Crippen molar-refractivity contribution in [2.45, 2.75) is 6.92 Å². The Labute approximate surface area is 122 Å². The molecule has 1 aromatic heterocycles. The van der Waals surface area contributed by atoms with E-state index in [4.69, 9.17) is 5.11 Å². The number of aromatic carboxylic acids is 1. The van der Waals surface area contributed by atoms with Crippen molar-refractivity contribution in [3.8, 4) is 0 Å². The average Bonchev–Trinajstić information content (AvgIpc) is 2.49. The summed E-state index contributed by atoms with van der Waals surface area (Å²) in [5.74, 6) is -0.645. The maximum absolute atomic E-state index is 10.9. The minimum Gasteiger partial charge on any atom is -0.478 e. The molecule has 0 saturated heterocycles. The van der Waals surface area contributed by atoms with E-state index in [1.165, 1.54) is 12.4 Å². The fraction of sp³-hybridized carbons (Fsp3) is 0.0625. The Kier molecular flexibility index (Phi) is 4.46. The van der Waals surface area contributed by atoms with E-state index >= 15 is 0 Å². The second-order valence-electron chi connectivity index (χ2n) is 4.29. The van der Waals surface area contributed by atoms with E-state index in [1.807, 2.05) is 48.2 Å². The molecule has 0 aliphatic heterocycles. The van der Waals surface area contributed by atoms with Gasteiger partial charge in [-0.2, -0.15) is 0 Å². The molecule has 0 spiro atoms. The summed E-state index contributed by atoms with van der Waals surface area (Å²) >= 11 is 0. The predicted molar refractivity (Wildman–Crippen MR) is 81.5 cm³/mol. The van der Waals surface area contributed by atoms with E-state index in [2.05, 4.69) is 16.5 Å². The van der Waals surface area contributed by atoms with Crippen LogP contribution in [-0.2, 0) is 0 Å². The van der Waals surface area contributed by atoms with Gasteiger partial charge in [0.1, 0.15) is 0 Å². The molecular weight excluding hydrogens is 266 g/mol. The number of hydrogen-bond acceptors (Lipinski definition) is 4. The third-order valence-corrected chi connectivity index (χ3v) is 2.81. The third kappa shape index (κ3) is 3.33. The molecule has 1 aromatic carbocycles. The molecule has 0 saturated carbocycles. The molecule has 0 bridgehead atoms. The number of allylic oxidation sites excluding steroid dienone is 3. The number of carboxylic acid groups (broad SMARTS) is 1. The van der Waals surface area contributed by atoms with Crippen molar-refractivity contribution in [1.29, 1.82) is 0 Å². The summed E-state index contributed by atoms with van der Waals surface area (Å²) in [6.45, 7) is 5.59. The Bertz CT molecular complexity index is 664. The topological polar surface area (TPSA) is 66.3 Å². The molecule has 21 heavy (non-hydrogen) atoms. The van der Waals surface area contributed by atoms with Crippen LogP contribution in [0, 0.1) is 0 Å². The zero-order valence-corrected chi connectivity index (χ0v) is 11.6. The van der Waals surface area contributed by atoms with Gasteiger partial charge in [-0.15, -0.1) is 0 Å². The lowest BCUT2D eigenvalue weighted by Crippen LogP contribution is -2.17. The summed E-state index contributed by atoms with van der Waals surface area (Å²) in [7, 11) is 0. The van der Waals surface area contributed by atoms with Crippen LogP contribution < -0.4 is 4.90 Å². The van der Waals surface area contributed by atoms with Crippen molar-refractivity contribution in [2.24, 2.45) is 0 Å². The highest BCUT2D eigenvalue weighted by molar-refractivity contribution is 5.86. The van der Waals surface area contributed by atoms with Crippen LogP contribution in [0.1, 0.15) is 17.3 Å². The van der Waals surface area contributed by atoms with E-state index < -0.39 is 5.97 Å². The summed E-state index contributed by atoms with van der Waals surface area (Å²) in [6, 6.07) is 9.59. The first kappa shape index (κ1) is 14.5. The highest BCUT2D eigenvalue weighted by Crippen LogP contribution is 2.26. The normalized spacial score (nSPS) is 11.0. The van der Waals surface area contributed by atoms with Gasteiger partial charge in [-0.3, -0.25) is 4.90 Å². The first-order valence-electron chi connectivity index (χ1n) is 6.33. The predicted octanol–water partition coefficient (Wildman–Crippen LogP) is 3.40. The fourth-order valence-electron chi connectivity index (χ4n) is 1.85. The molecule has 5 heteroatoms. The van der Waals surface area contributed by atoms with Crippen molar-refractivity contribution < 1.29 is 9.90 Å². The number of hydrogen-bond donors (Lipinski definition) is 1. The molecule has 1 heterocycles. The van der Waals surface area contributed by atoms with Gasteiger partial charge in [-0.1, -0.05) is 30.9 Å². The average molecular weight is 281 g/mol. The standard InChI is InChI=1S/C16H15N3O2/c1-3-7-12(2)19(14-8-5-4-6-9-14)16-17-10-13(11-18-16)15(20)21/h3-11H,1H2,2H3,(H,20,21)/b12-7+. The monoisotopic (exact) mass is 281 g/mol. The Hall–Kier alpha value is -2.95. The zero-order chi connectivity index (χ0) is 15.2. The number of aromatic nitrogens is 2. The lowest BCUT2D eigenvalue weighted by molar-refractivity contribution is 0.0696. The minimum atomic E-state index is -1.05. The third-order valence-electron chi connectivity index (χ3n) is 2.81. The van der Waals surface area contributed by atoms with E-state index in [1.54, 1.807) is 6.08 Å². The molecule has 0 atom stereocenters. The molecule has 0 aliphatic rings. The summed E-state index contributed by atoms with van der Waals surface area (Å²) in [6.07, 6.45) is 6.10. The molecule has 0 unspecified atom stereocenters. The second kappa shape index (κ2) is 6.47. The van der Waals surface area contributed by atoms with Crippen molar-refractivity contribution in [1.82, 2.24) is 9.97 Å². The highest BCUT2D eigenvalue weighted by Gasteiger charge is 2.14. The molecule has 2 rings (SSSR count). The van der Waals surface area contributed by atoms with Crippen molar-refractivity contribution in [3.63, 3.8) is 0 Å².